The lowest BCUT2D eigenvalue weighted by atomic mass is 10.1. The average molecular weight is 372 g/mol. The fraction of sp³-hybridized carbons (Fsp3) is 0.333. The third-order valence-corrected chi connectivity index (χ3v) is 4.81. The van der Waals surface area contributed by atoms with Gasteiger partial charge in [0.15, 0.2) is 5.13 Å². The van der Waals surface area contributed by atoms with Gasteiger partial charge < -0.3 is 10.6 Å². The second kappa shape index (κ2) is 7.25. The minimum atomic E-state index is -0.881. The van der Waals surface area contributed by atoms with Crippen LogP contribution in [0.5, 0.6) is 0 Å². The fourth-order valence-electron chi connectivity index (χ4n) is 2.67. The van der Waals surface area contributed by atoms with Crippen molar-refractivity contribution in [3.05, 3.63) is 35.7 Å². The number of urea groups is 1. The molecule has 2 aromatic rings. The Hall–Kier alpha value is -2.74. The van der Waals surface area contributed by atoms with Gasteiger partial charge in [0.25, 0.3) is 5.91 Å². The molecule has 26 heavy (non-hydrogen) atoms. The van der Waals surface area contributed by atoms with E-state index in [0.29, 0.717) is 11.6 Å². The second-order valence-electron chi connectivity index (χ2n) is 6.57. The van der Waals surface area contributed by atoms with Crippen molar-refractivity contribution in [2.45, 2.75) is 32.2 Å². The zero-order chi connectivity index (χ0) is 18.7. The lowest BCUT2D eigenvalue weighted by Gasteiger charge is -2.15. The SMILES string of the molecule is CC1(C)NC(=O)N(CCCC(=O)Nc2nc(-c3ccccc3)cs2)C1=O. The molecule has 7 nitrogen and oxygen atoms in total. The number of benzene rings is 1. The van der Waals surface area contributed by atoms with Crippen LogP contribution in [-0.2, 0) is 9.59 Å². The maximum absolute atomic E-state index is 12.1. The standard InChI is InChI=1S/C18H20N4O3S/c1-18(2)15(24)22(17(25)21-18)10-6-9-14(23)20-16-19-13(11-26-16)12-7-4-3-5-8-12/h3-5,7-8,11H,6,9-10H2,1-2H3,(H,21,25)(H,19,20,23). The number of nitrogens with one attached hydrogen (secondary N) is 2. The molecule has 0 saturated carbocycles. The van der Waals surface area contributed by atoms with Crippen molar-refractivity contribution >= 4 is 34.3 Å². The van der Waals surface area contributed by atoms with Gasteiger partial charge in [0.2, 0.25) is 5.91 Å². The molecule has 0 bridgehead atoms. The van der Waals surface area contributed by atoms with Crippen LogP contribution in [0.2, 0.25) is 0 Å². The second-order valence-corrected chi connectivity index (χ2v) is 7.43. The number of aromatic nitrogens is 1. The first kappa shape index (κ1) is 18.1. The van der Waals surface area contributed by atoms with E-state index in [1.54, 1.807) is 13.8 Å². The van der Waals surface area contributed by atoms with E-state index in [0.717, 1.165) is 16.2 Å². The van der Waals surface area contributed by atoms with Crippen LogP contribution in [0.25, 0.3) is 11.3 Å². The predicted molar refractivity (Wildman–Crippen MR) is 99.7 cm³/mol. The summed E-state index contributed by atoms with van der Waals surface area (Å²) in [5.41, 5.74) is 0.923. The topological polar surface area (TPSA) is 91.4 Å². The summed E-state index contributed by atoms with van der Waals surface area (Å²) in [5.74, 6) is -0.458. The van der Waals surface area contributed by atoms with Gasteiger partial charge in [0.05, 0.1) is 5.69 Å². The zero-order valence-corrected chi connectivity index (χ0v) is 15.4. The number of carbonyl (C=O) groups excluding carboxylic acids is 3. The highest BCUT2D eigenvalue weighted by atomic mass is 32.1. The Kier molecular flexibility index (Phi) is 5.03. The first-order valence-corrected chi connectivity index (χ1v) is 9.20. The van der Waals surface area contributed by atoms with Crippen molar-refractivity contribution in [3.8, 4) is 11.3 Å². The average Bonchev–Trinajstić information content (AvgIpc) is 3.13. The van der Waals surface area contributed by atoms with Gasteiger partial charge in [0, 0.05) is 23.9 Å². The third-order valence-electron chi connectivity index (χ3n) is 4.05. The minimum Gasteiger partial charge on any atom is -0.324 e. The van der Waals surface area contributed by atoms with Gasteiger partial charge >= 0.3 is 6.03 Å². The van der Waals surface area contributed by atoms with E-state index in [1.807, 2.05) is 35.7 Å². The fourth-order valence-corrected chi connectivity index (χ4v) is 3.41. The van der Waals surface area contributed by atoms with Crippen molar-refractivity contribution in [2.24, 2.45) is 0 Å². The molecule has 2 heterocycles. The summed E-state index contributed by atoms with van der Waals surface area (Å²) in [4.78, 5) is 41.5. The Morgan fingerprint density at radius 2 is 2.00 bits per heavy atom. The molecule has 1 aromatic heterocycles. The number of amides is 4. The van der Waals surface area contributed by atoms with Gasteiger partial charge in [-0.2, -0.15) is 0 Å². The molecule has 2 N–H and O–H groups in total. The van der Waals surface area contributed by atoms with E-state index in [1.165, 1.54) is 11.3 Å². The van der Waals surface area contributed by atoms with E-state index in [2.05, 4.69) is 15.6 Å². The molecule has 1 aliphatic rings. The van der Waals surface area contributed by atoms with Crippen molar-refractivity contribution in [2.75, 3.05) is 11.9 Å². The van der Waals surface area contributed by atoms with Crippen LogP contribution in [-0.4, -0.2) is 39.8 Å². The molecule has 0 atom stereocenters. The third kappa shape index (κ3) is 3.91. The van der Waals surface area contributed by atoms with E-state index >= 15 is 0 Å². The minimum absolute atomic E-state index is 0.190. The molecule has 1 saturated heterocycles. The molecule has 0 spiro atoms. The molecule has 0 unspecified atom stereocenters. The molecule has 8 heteroatoms. The van der Waals surface area contributed by atoms with Gasteiger partial charge in [-0.15, -0.1) is 11.3 Å². The largest absolute Gasteiger partial charge is 0.325 e. The lowest BCUT2D eigenvalue weighted by Crippen LogP contribution is -2.40. The quantitative estimate of drug-likeness (QED) is 0.763. The molecule has 136 valence electrons. The highest BCUT2D eigenvalue weighted by Crippen LogP contribution is 2.24. The first-order chi connectivity index (χ1) is 12.4. The molecular weight excluding hydrogens is 352 g/mol. The maximum atomic E-state index is 12.1. The number of hydrogen-bond donors (Lipinski definition) is 2. The number of anilines is 1. The Labute approximate surface area is 155 Å². The highest BCUT2D eigenvalue weighted by molar-refractivity contribution is 7.14. The smallest absolute Gasteiger partial charge is 0.324 e. The summed E-state index contributed by atoms with van der Waals surface area (Å²) in [6, 6.07) is 9.31. The summed E-state index contributed by atoms with van der Waals surface area (Å²) in [5, 5.41) is 7.80. The molecule has 0 radical (unpaired) electrons. The summed E-state index contributed by atoms with van der Waals surface area (Å²) in [7, 11) is 0. The molecule has 1 aromatic carbocycles. The number of hydrogen-bond acceptors (Lipinski definition) is 5. The predicted octanol–water partition coefficient (Wildman–Crippen LogP) is 2.86. The van der Waals surface area contributed by atoms with Gasteiger partial charge in [-0.1, -0.05) is 30.3 Å². The van der Waals surface area contributed by atoms with E-state index in [4.69, 9.17) is 0 Å². The van der Waals surface area contributed by atoms with Crippen LogP contribution in [0.1, 0.15) is 26.7 Å². The van der Waals surface area contributed by atoms with Crippen molar-refractivity contribution < 1.29 is 14.4 Å². The first-order valence-electron chi connectivity index (χ1n) is 8.32. The molecule has 1 fully saturated rings. The van der Waals surface area contributed by atoms with Gasteiger partial charge in [-0.05, 0) is 20.3 Å². The van der Waals surface area contributed by atoms with Crippen molar-refractivity contribution in [3.63, 3.8) is 0 Å². The van der Waals surface area contributed by atoms with Crippen LogP contribution < -0.4 is 10.6 Å². The van der Waals surface area contributed by atoms with Gasteiger partial charge in [0.1, 0.15) is 5.54 Å². The molecule has 3 rings (SSSR count). The van der Waals surface area contributed by atoms with Gasteiger partial charge in [-0.25, -0.2) is 9.78 Å². The van der Waals surface area contributed by atoms with E-state index < -0.39 is 11.6 Å². The highest BCUT2D eigenvalue weighted by Gasteiger charge is 2.43. The number of carbonyl (C=O) groups is 3. The van der Waals surface area contributed by atoms with Crippen LogP contribution in [0.3, 0.4) is 0 Å². The van der Waals surface area contributed by atoms with Crippen LogP contribution in [0.4, 0.5) is 9.93 Å². The van der Waals surface area contributed by atoms with Crippen LogP contribution >= 0.6 is 11.3 Å². The summed E-state index contributed by atoms with van der Waals surface area (Å²) >= 11 is 1.36. The Morgan fingerprint density at radius 3 is 2.65 bits per heavy atom. The van der Waals surface area contributed by atoms with Crippen LogP contribution in [0.15, 0.2) is 35.7 Å². The molecule has 1 aliphatic heterocycles. The van der Waals surface area contributed by atoms with E-state index in [9.17, 15) is 14.4 Å². The van der Waals surface area contributed by atoms with Gasteiger partial charge in [-0.3, -0.25) is 14.5 Å². The molecule has 4 amide bonds. The lowest BCUT2D eigenvalue weighted by molar-refractivity contribution is -0.130. The Bertz CT molecular complexity index is 832. The summed E-state index contributed by atoms with van der Waals surface area (Å²) < 4.78 is 0. The number of rotatable bonds is 6. The monoisotopic (exact) mass is 372 g/mol. The summed E-state index contributed by atoms with van der Waals surface area (Å²) in [6.07, 6.45) is 0.607. The number of thiazole rings is 1. The van der Waals surface area contributed by atoms with E-state index in [-0.39, 0.29) is 24.8 Å². The zero-order valence-electron chi connectivity index (χ0n) is 14.6. The Morgan fingerprint density at radius 1 is 1.27 bits per heavy atom. The number of imide groups is 1. The normalized spacial score (nSPS) is 15.8. The summed E-state index contributed by atoms with van der Waals surface area (Å²) in [6.45, 7) is 3.54. The maximum Gasteiger partial charge on any atom is 0.325 e. The van der Waals surface area contributed by atoms with Crippen molar-refractivity contribution in [1.82, 2.24) is 15.2 Å². The van der Waals surface area contributed by atoms with Crippen LogP contribution in [0, 0.1) is 0 Å². The number of nitrogens with zero attached hydrogens (tertiary/aromatic N) is 2. The molecular formula is C18H20N4O3S. The Balaban J connectivity index is 1.49. The van der Waals surface area contributed by atoms with Crippen molar-refractivity contribution in [1.29, 1.82) is 0 Å². The molecule has 0 aliphatic carbocycles.